The zero-order valence-corrected chi connectivity index (χ0v) is 9.87. The van der Waals surface area contributed by atoms with E-state index in [0.717, 1.165) is 31.7 Å². The monoisotopic (exact) mass is 209 g/mol. The van der Waals surface area contributed by atoms with Crippen LogP contribution in [0.25, 0.3) is 0 Å². The number of piperidine rings is 1. The highest BCUT2D eigenvalue weighted by Gasteiger charge is 2.30. The Balaban J connectivity index is 1.93. The van der Waals surface area contributed by atoms with Gasteiger partial charge in [-0.1, -0.05) is 19.8 Å². The summed E-state index contributed by atoms with van der Waals surface area (Å²) in [5, 5.41) is 0. The maximum atomic E-state index is 11.8. The summed E-state index contributed by atoms with van der Waals surface area (Å²) in [4.78, 5) is 14.3. The number of hydrogen-bond donors (Lipinski definition) is 0. The average Bonchev–Trinajstić information content (AvgIpc) is 2.30. The predicted molar refractivity (Wildman–Crippen MR) is 61.9 cm³/mol. The molecule has 1 heterocycles. The van der Waals surface area contributed by atoms with Crippen LogP contribution in [0.5, 0.6) is 0 Å². The zero-order valence-electron chi connectivity index (χ0n) is 9.87. The molecule has 2 unspecified atom stereocenters. The van der Waals surface area contributed by atoms with E-state index in [9.17, 15) is 4.79 Å². The molecular weight excluding hydrogens is 186 g/mol. The summed E-state index contributed by atoms with van der Waals surface area (Å²) in [6.07, 6.45) is 8.27. The van der Waals surface area contributed by atoms with Crippen LogP contribution in [0.15, 0.2) is 0 Å². The summed E-state index contributed by atoms with van der Waals surface area (Å²) in [5.41, 5.74) is 0. The van der Waals surface area contributed by atoms with Crippen LogP contribution in [0.2, 0.25) is 0 Å². The fraction of sp³-hybridized carbons (Fsp3) is 0.923. The first-order valence-electron chi connectivity index (χ1n) is 6.58. The van der Waals surface area contributed by atoms with Crippen LogP contribution < -0.4 is 0 Å². The Morgan fingerprint density at radius 2 is 2.13 bits per heavy atom. The molecule has 0 radical (unpaired) electrons. The van der Waals surface area contributed by atoms with Crippen LogP contribution in [-0.2, 0) is 4.79 Å². The highest BCUT2D eigenvalue weighted by molar-refractivity contribution is 5.84. The van der Waals surface area contributed by atoms with E-state index in [-0.39, 0.29) is 6.04 Å². The molecule has 1 aliphatic heterocycles. The van der Waals surface area contributed by atoms with Gasteiger partial charge in [0.2, 0.25) is 0 Å². The highest BCUT2D eigenvalue weighted by Crippen LogP contribution is 2.26. The second-order valence-electron chi connectivity index (χ2n) is 5.14. The van der Waals surface area contributed by atoms with Gasteiger partial charge in [0.15, 0.2) is 0 Å². The molecule has 1 saturated carbocycles. The van der Waals surface area contributed by atoms with Gasteiger partial charge in [0.25, 0.3) is 0 Å². The van der Waals surface area contributed by atoms with Crippen molar-refractivity contribution in [2.24, 2.45) is 5.92 Å². The van der Waals surface area contributed by atoms with Crippen molar-refractivity contribution >= 4 is 5.78 Å². The molecule has 2 fully saturated rings. The van der Waals surface area contributed by atoms with Crippen LogP contribution in [0.4, 0.5) is 0 Å². The summed E-state index contributed by atoms with van der Waals surface area (Å²) >= 11 is 0. The van der Waals surface area contributed by atoms with Gasteiger partial charge in [0.1, 0.15) is 5.78 Å². The Labute approximate surface area is 93.0 Å². The van der Waals surface area contributed by atoms with Crippen LogP contribution in [0.3, 0.4) is 0 Å². The number of nitrogens with zero attached hydrogens (tertiary/aromatic N) is 1. The van der Waals surface area contributed by atoms with E-state index in [1.165, 1.54) is 32.2 Å². The third kappa shape index (κ3) is 2.60. The first-order chi connectivity index (χ1) is 7.31. The molecule has 1 aliphatic carbocycles. The molecule has 86 valence electrons. The molecule has 2 atom stereocenters. The van der Waals surface area contributed by atoms with E-state index in [1.807, 2.05) is 0 Å². The molecule has 0 aromatic rings. The summed E-state index contributed by atoms with van der Waals surface area (Å²) in [6, 6.07) is 0.285. The first-order valence-corrected chi connectivity index (χ1v) is 6.58. The minimum atomic E-state index is 0.285. The predicted octanol–water partition coefficient (Wildman–Crippen LogP) is 2.62. The van der Waals surface area contributed by atoms with Gasteiger partial charge < -0.3 is 0 Å². The van der Waals surface area contributed by atoms with E-state index in [1.54, 1.807) is 0 Å². The van der Waals surface area contributed by atoms with Gasteiger partial charge in [-0.3, -0.25) is 9.69 Å². The van der Waals surface area contributed by atoms with E-state index < -0.39 is 0 Å². The third-order valence-electron chi connectivity index (χ3n) is 4.09. The Kier molecular flexibility index (Phi) is 3.79. The van der Waals surface area contributed by atoms with Crippen LogP contribution in [0.1, 0.15) is 51.9 Å². The molecule has 2 aliphatic rings. The molecule has 2 heteroatoms. The normalized spacial score (nSPS) is 34.3. The number of Topliss-reactive ketones (excluding diaryl/α,β-unsaturated/α-hetero) is 1. The quantitative estimate of drug-likeness (QED) is 0.697. The van der Waals surface area contributed by atoms with Crippen LogP contribution in [-0.4, -0.2) is 29.8 Å². The molecule has 1 saturated heterocycles. The number of rotatable bonds is 2. The SMILES string of the molecule is CCC1CCCN(C2CCCCC2=O)C1. The summed E-state index contributed by atoms with van der Waals surface area (Å²) < 4.78 is 0. The van der Waals surface area contributed by atoms with Gasteiger partial charge in [0.05, 0.1) is 6.04 Å². The molecule has 0 aromatic carbocycles. The topological polar surface area (TPSA) is 20.3 Å². The van der Waals surface area contributed by atoms with Gasteiger partial charge in [-0.25, -0.2) is 0 Å². The lowest BCUT2D eigenvalue weighted by Gasteiger charge is -2.38. The van der Waals surface area contributed by atoms with Crippen molar-refractivity contribution in [2.45, 2.75) is 57.9 Å². The molecule has 0 N–H and O–H groups in total. The third-order valence-corrected chi connectivity index (χ3v) is 4.09. The van der Waals surface area contributed by atoms with Crippen molar-refractivity contribution in [3.05, 3.63) is 0 Å². The van der Waals surface area contributed by atoms with E-state index in [4.69, 9.17) is 0 Å². The highest BCUT2D eigenvalue weighted by atomic mass is 16.1. The van der Waals surface area contributed by atoms with Crippen molar-refractivity contribution in [2.75, 3.05) is 13.1 Å². The number of likely N-dealkylation sites (tertiary alicyclic amines) is 1. The standard InChI is InChI=1S/C13H23NO/c1-2-11-6-5-9-14(10-11)12-7-3-4-8-13(12)15/h11-12H,2-10H2,1H3. The van der Waals surface area contributed by atoms with Crippen molar-refractivity contribution in [3.63, 3.8) is 0 Å². The molecule has 2 rings (SSSR count). The molecule has 0 bridgehead atoms. The summed E-state index contributed by atoms with van der Waals surface area (Å²) in [6.45, 7) is 4.61. The fourth-order valence-corrected chi connectivity index (χ4v) is 3.06. The minimum Gasteiger partial charge on any atom is -0.298 e. The largest absolute Gasteiger partial charge is 0.298 e. The molecular formula is C13H23NO. The molecule has 2 nitrogen and oxygen atoms in total. The second-order valence-corrected chi connectivity index (χ2v) is 5.14. The van der Waals surface area contributed by atoms with E-state index in [0.29, 0.717) is 5.78 Å². The number of ketones is 1. The Morgan fingerprint density at radius 3 is 2.87 bits per heavy atom. The fourth-order valence-electron chi connectivity index (χ4n) is 3.06. The number of carbonyl (C=O) groups is 1. The summed E-state index contributed by atoms with van der Waals surface area (Å²) in [7, 11) is 0. The second kappa shape index (κ2) is 5.11. The Bertz CT molecular complexity index is 227. The lowest BCUT2D eigenvalue weighted by molar-refractivity contribution is -0.127. The van der Waals surface area contributed by atoms with Crippen molar-refractivity contribution in [3.8, 4) is 0 Å². The smallest absolute Gasteiger partial charge is 0.149 e. The minimum absolute atomic E-state index is 0.285. The number of carbonyl (C=O) groups excluding carboxylic acids is 1. The van der Waals surface area contributed by atoms with Gasteiger partial charge in [-0.15, -0.1) is 0 Å². The lowest BCUT2D eigenvalue weighted by Crippen LogP contribution is -2.47. The maximum absolute atomic E-state index is 11.8. The van der Waals surface area contributed by atoms with Gasteiger partial charge in [-0.2, -0.15) is 0 Å². The van der Waals surface area contributed by atoms with E-state index in [2.05, 4.69) is 11.8 Å². The molecule has 15 heavy (non-hydrogen) atoms. The van der Waals surface area contributed by atoms with Crippen LogP contribution >= 0.6 is 0 Å². The molecule has 0 spiro atoms. The first kappa shape index (κ1) is 11.1. The zero-order chi connectivity index (χ0) is 10.7. The number of hydrogen-bond acceptors (Lipinski definition) is 2. The van der Waals surface area contributed by atoms with Crippen LogP contribution in [0, 0.1) is 5.92 Å². The van der Waals surface area contributed by atoms with Gasteiger partial charge in [-0.05, 0) is 38.1 Å². The average molecular weight is 209 g/mol. The maximum Gasteiger partial charge on any atom is 0.149 e. The van der Waals surface area contributed by atoms with Crippen molar-refractivity contribution in [1.82, 2.24) is 4.90 Å². The van der Waals surface area contributed by atoms with Gasteiger partial charge in [0, 0.05) is 13.0 Å². The van der Waals surface area contributed by atoms with Gasteiger partial charge >= 0.3 is 0 Å². The molecule has 0 aromatic heterocycles. The lowest BCUT2D eigenvalue weighted by atomic mass is 9.88. The van der Waals surface area contributed by atoms with E-state index >= 15 is 0 Å². The Morgan fingerprint density at radius 1 is 1.27 bits per heavy atom. The summed E-state index contributed by atoms with van der Waals surface area (Å²) in [5.74, 6) is 1.35. The Hall–Kier alpha value is -0.370. The van der Waals surface area contributed by atoms with Crippen molar-refractivity contribution < 1.29 is 4.79 Å². The molecule has 0 amide bonds. The van der Waals surface area contributed by atoms with Crippen molar-refractivity contribution in [1.29, 1.82) is 0 Å².